The Morgan fingerprint density at radius 1 is 0.917 bits per heavy atom. The molecule has 2 aromatic carbocycles. The fourth-order valence-corrected chi connectivity index (χ4v) is 5.41. The Kier molecular flexibility index (Phi) is 7.08. The second kappa shape index (κ2) is 9.93. The summed E-state index contributed by atoms with van der Waals surface area (Å²) in [6.07, 6.45) is -5.46. The van der Waals surface area contributed by atoms with E-state index in [1.165, 1.54) is 30.3 Å². The van der Waals surface area contributed by atoms with Gasteiger partial charge in [-0.05, 0) is 25.0 Å². The van der Waals surface area contributed by atoms with Crippen LogP contribution in [0.1, 0.15) is 35.2 Å². The summed E-state index contributed by atoms with van der Waals surface area (Å²) in [6.45, 7) is 0. The molecule has 0 radical (unpaired) electrons. The van der Waals surface area contributed by atoms with Crippen LogP contribution < -0.4 is 0 Å². The van der Waals surface area contributed by atoms with Crippen molar-refractivity contribution in [2.45, 2.75) is 49.2 Å². The first kappa shape index (κ1) is 25.7. The number of ether oxygens (including phenoxy) is 3. The molecule has 2 heterocycles. The Balaban J connectivity index is 1.70. The van der Waals surface area contributed by atoms with E-state index in [0.29, 0.717) is 6.42 Å². The van der Waals surface area contributed by atoms with Crippen molar-refractivity contribution in [1.82, 2.24) is 4.90 Å². The van der Waals surface area contributed by atoms with Gasteiger partial charge in [0.2, 0.25) is 0 Å². The highest BCUT2D eigenvalue weighted by atomic mass is 19.4. The number of rotatable bonds is 6. The Morgan fingerprint density at radius 3 is 2.08 bits per heavy atom. The zero-order valence-electron chi connectivity index (χ0n) is 19.7. The second-order valence-electron chi connectivity index (χ2n) is 8.85. The third-order valence-corrected chi connectivity index (χ3v) is 7.03. The molecule has 2 aromatic rings. The fourth-order valence-electron chi connectivity index (χ4n) is 5.41. The quantitative estimate of drug-likeness (QED) is 0.555. The van der Waals surface area contributed by atoms with Crippen LogP contribution in [0.2, 0.25) is 0 Å². The van der Waals surface area contributed by atoms with Gasteiger partial charge in [0.25, 0.3) is 11.5 Å². The summed E-state index contributed by atoms with van der Waals surface area (Å²) >= 11 is 0. The molecule has 0 aliphatic carbocycles. The van der Waals surface area contributed by atoms with E-state index in [1.807, 2.05) is 0 Å². The van der Waals surface area contributed by atoms with Crippen LogP contribution in [0.3, 0.4) is 0 Å². The Hall–Kier alpha value is -3.40. The normalized spacial score (nSPS) is 25.1. The van der Waals surface area contributed by atoms with Crippen LogP contribution >= 0.6 is 0 Å². The van der Waals surface area contributed by atoms with Crippen molar-refractivity contribution in [2.75, 3.05) is 14.2 Å². The number of methoxy groups -OCH3 is 2. The van der Waals surface area contributed by atoms with Crippen LogP contribution in [0, 0.1) is 5.92 Å². The van der Waals surface area contributed by atoms with Crippen LogP contribution in [0.15, 0.2) is 60.7 Å². The topological polar surface area (TPSA) is 82.1 Å². The average Bonchev–Trinajstić information content (AvgIpc) is 3.18. The predicted molar refractivity (Wildman–Crippen MR) is 121 cm³/mol. The molecule has 4 rings (SSSR count). The fraction of sp³-hybridized carbons (Fsp3) is 0.423. The van der Waals surface area contributed by atoms with Crippen LogP contribution in [-0.2, 0) is 29.4 Å². The molecule has 2 aliphatic rings. The van der Waals surface area contributed by atoms with Gasteiger partial charge in [-0.15, -0.1) is 0 Å². The molecule has 0 unspecified atom stereocenters. The van der Waals surface area contributed by atoms with Gasteiger partial charge in [-0.1, -0.05) is 48.5 Å². The summed E-state index contributed by atoms with van der Waals surface area (Å²) < 4.78 is 59.3. The van der Waals surface area contributed by atoms with Gasteiger partial charge < -0.3 is 19.1 Å². The van der Waals surface area contributed by atoms with Gasteiger partial charge in [0.1, 0.15) is 12.0 Å². The molecule has 2 fully saturated rings. The number of alkyl halides is 3. The molecule has 0 N–H and O–H groups in total. The number of carbonyl (C=O) groups is 3. The molecule has 0 aromatic heterocycles. The first-order valence-corrected chi connectivity index (χ1v) is 11.5. The lowest BCUT2D eigenvalue weighted by atomic mass is 9.83. The van der Waals surface area contributed by atoms with E-state index >= 15 is 0 Å². The van der Waals surface area contributed by atoms with Gasteiger partial charge in [0, 0.05) is 31.2 Å². The highest BCUT2D eigenvalue weighted by Crippen LogP contribution is 2.49. The van der Waals surface area contributed by atoms with Gasteiger partial charge in [0.05, 0.1) is 12.7 Å². The smallest absolute Gasteiger partial charge is 0.430 e. The van der Waals surface area contributed by atoms with E-state index in [2.05, 4.69) is 0 Å². The monoisotopic (exact) mass is 505 g/mol. The van der Waals surface area contributed by atoms with Crippen molar-refractivity contribution in [2.24, 2.45) is 5.92 Å². The van der Waals surface area contributed by atoms with E-state index in [-0.39, 0.29) is 24.0 Å². The molecule has 7 nitrogen and oxygen atoms in total. The number of hydrogen-bond donors (Lipinski definition) is 0. The SMILES string of the molecule is COC(=O)[C@H]1[C@@H](OC(=O)c2ccccc2)C[C@@H]2CC[C@H]1N2C(=O)[C@](OC)(c1ccccc1)C(F)(F)F. The van der Waals surface area contributed by atoms with Crippen molar-refractivity contribution in [3.05, 3.63) is 71.8 Å². The molecular weight excluding hydrogens is 479 g/mol. The van der Waals surface area contributed by atoms with Gasteiger partial charge in [-0.2, -0.15) is 13.2 Å². The van der Waals surface area contributed by atoms with E-state index in [0.717, 1.165) is 19.1 Å². The number of nitrogens with zero attached hydrogens (tertiary/aromatic N) is 1. The molecule has 10 heteroatoms. The maximum Gasteiger partial charge on any atom is 0.430 e. The molecule has 2 bridgehead atoms. The molecule has 2 aliphatic heterocycles. The third kappa shape index (κ3) is 4.23. The molecule has 0 spiro atoms. The minimum absolute atomic E-state index is 0.00692. The van der Waals surface area contributed by atoms with Gasteiger partial charge >= 0.3 is 18.1 Å². The van der Waals surface area contributed by atoms with Crippen molar-refractivity contribution in [1.29, 1.82) is 0 Å². The number of piperidine rings is 1. The predicted octanol–water partition coefficient (Wildman–Crippen LogP) is 3.87. The summed E-state index contributed by atoms with van der Waals surface area (Å²) in [7, 11) is 1.98. The average molecular weight is 505 g/mol. The van der Waals surface area contributed by atoms with Crippen LogP contribution in [0.5, 0.6) is 0 Å². The molecule has 1 amide bonds. The number of hydrogen-bond acceptors (Lipinski definition) is 6. The Bertz CT molecular complexity index is 1110. The summed E-state index contributed by atoms with van der Waals surface area (Å²) in [5, 5.41) is 0. The lowest BCUT2D eigenvalue weighted by Crippen LogP contribution is -2.64. The first-order chi connectivity index (χ1) is 17.2. The van der Waals surface area contributed by atoms with Gasteiger partial charge in [-0.25, -0.2) is 4.79 Å². The Labute approximate surface area is 206 Å². The minimum atomic E-state index is -5.09. The summed E-state index contributed by atoms with van der Waals surface area (Å²) in [6, 6.07) is 13.2. The summed E-state index contributed by atoms with van der Waals surface area (Å²) in [5.74, 6) is -3.89. The third-order valence-electron chi connectivity index (χ3n) is 7.03. The number of halogens is 3. The van der Waals surface area contributed by atoms with E-state index < -0.39 is 53.7 Å². The van der Waals surface area contributed by atoms with Crippen LogP contribution in [0.4, 0.5) is 13.2 Å². The molecule has 0 saturated carbocycles. The number of benzene rings is 2. The van der Waals surface area contributed by atoms with Crippen molar-refractivity contribution >= 4 is 17.8 Å². The molecule has 36 heavy (non-hydrogen) atoms. The summed E-state index contributed by atoms with van der Waals surface area (Å²) in [5.41, 5.74) is -3.35. The lowest BCUT2D eigenvalue weighted by Gasteiger charge is -2.46. The molecule has 5 atom stereocenters. The van der Waals surface area contributed by atoms with Gasteiger partial charge in [0.15, 0.2) is 0 Å². The van der Waals surface area contributed by atoms with Crippen LogP contribution in [0.25, 0.3) is 0 Å². The zero-order chi connectivity index (χ0) is 26.1. The maximum atomic E-state index is 14.6. The molecule has 2 saturated heterocycles. The summed E-state index contributed by atoms with van der Waals surface area (Å²) in [4.78, 5) is 40.4. The molecular formula is C26H26F3NO6. The standard InChI is InChI=1S/C26H26F3NO6/c1-34-23(32)21-19-14-13-18(15-20(21)36-22(31)16-9-5-3-6-10-16)30(19)24(33)25(35-2,26(27,28)29)17-11-7-4-8-12-17/h3-12,18-21H,13-15H2,1-2H3/t18-,19+,20-,21+,25+/m0/s1. The minimum Gasteiger partial charge on any atom is -0.469 e. The van der Waals surface area contributed by atoms with Crippen molar-refractivity contribution < 1.29 is 41.8 Å². The zero-order valence-corrected chi connectivity index (χ0v) is 19.7. The van der Waals surface area contributed by atoms with Crippen molar-refractivity contribution in [3.8, 4) is 0 Å². The largest absolute Gasteiger partial charge is 0.469 e. The van der Waals surface area contributed by atoms with Crippen molar-refractivity contribution in [3.63, 3.8) is 0 Å². The number of amides is 1. The van der Waals surface area contributed by atoms with Crippen LogP contribution in [-0.4, -0.2) is 61.3 Å². The highest BCUT2D eigenvalue weighted by molar-refractivity contribution is 5.91. The number of carbonyl (C=O) groups excluding carboxylic acids is 3. The highest BCUT2D eigenvalue weighted by Gasteiger charge is 2.67. The van der Waals surface area contributed by atoms with E-state index in [9.17, 15) is 27.6 Å². The van der Waals surface area contributed by atoms with E-state index in [1.54, 1.807) is 30.3 Å². The Morgan fingerprint density at radius 2 is 1.53 bits per heavy atom. The lowest BCUT2D eigenvalue weighted by molar-refractivity contribution is -0.272. The second-order valence-corrected chi connectivity index (χ2v) is 8.85. The maximum absolute atomic E-state index is 14.6. The number of fused-ring (bicyclic) bond motifs is 2. The van der Waals surface area contributed by atoms with Gasteiger partial charge in [-0.3, -0.25) is 9.59 Å². The number of esters is 2. The first-order valence-electron chi connectivity index (χ1n) is 11.5. The molecule has 192 valence electrons. The van der Waals surface area contributed by atoms with E-state index in [4.69, 9.17) is 14.2 Å².